The van der Waals surface area contributed by atoms with Crippen LogP contribution in [0.3, 0.4) is 0 Å². The third-order valence-corrected chi connectivity index (χ3v) is 3.59. The van der Waals surface area contributed by atoms with Crippen LogP contribution in [0.5, 0.6) is 0 Å². The Labute approximate surface area is 108 Å². The fourth-order valence-corrected chi connectivity index (χ4v) is 2.36. The average molecular weight is 251 g/mol. The zero-order valence-corrected chi connectivity index (χ0v) is 11.7. The van der Waals surface area contributed by atoms with Crippen LogP contribution in [0.1, 0.15) is 30.9 Å². The molecule has 0 spiro atoms. The zero-order valence-electron chi connectivity index (χ0n) is 10.9. The van der Waals surface area contributed by atoms with Gasteiger partial charge < -0.3 is 5.32 Å². The summed E-state index contributed by atoms with van der Waals surface area (Å²) in [5.41, 5.74) is 3.22. The molecule has 1 amide bonds. The third-order valence-electron chi connectivity index (χ3n) is 2.54. The summed E-state index contributed by atoms with van der Waals surface area (Å²) in [4.78, 5) is 11.7. The highest BCUT2D eigenvalue weighted by molar-refractivity contribution is 7.99. The molecule has 0 fully saturated rings. The van der Waals surface area contributed by atoms with E-state index in [0.717, 1.165) is 17.0 Å². The van der Waals surface area contributed by atoms with E-state index in [-0.39, 0.29) is 5.91 Å². The van der Waals surface area contributed by atoms with E-state index in [1.165, 1.54) is 18.4 Å². The molecule has 1 N–H and O–H groups in total. The summed E-state index contributed by atoms with van der Waals surface area (Å²) in [6, 6.07) is 6.11. The SMILES string of the molecule is CCCCSCC(=O)Nc1cc(C)ccc1C. The van der Waals surface area contributed by atoms with Gasteiger partial charge in [0.15, 0.2) is 0 Å². The maximum Gasteiger partial charge on any atom is 0.234 e. The maximum atomic E-state index is 11.7. The highest BCUT2D eigenvalue weighted by atomic mass is 32.2. The van der Waals surface area contributed by atoms with Gasteiger partial charge in [-0.3, -0.25) is 4.79 Å². The number of benzene rings is 1. The van der Waals surface area contributed by atoms with Crippen molar-refractivity contribution in [3.8, 4) is 0 Å². The first kappa shape index (κ1) is 14.1. The van der Waals surface area contributed by atoms with Gasteiger partial charge in [0.25, 0.3) is 0 Å². The van der Waals surface area contributed by atoms with Gasteiger partial charge in [-0.25, -0.2) is 0 Å². The van der Waals surface area contributed by atoms with Crippen molar-refractivity contribution in [1.82, 2.24) is 0 Å². The van der Waals surface area contributed by atoms with Crippen LogP contribution in [0.2, 0.25) is 0 Å². The van der Waals surface area contributed by atoms with E-state index in [4.69, 9.17) is 0 Å². The Morgan fingerprint density at radius 2 is 2.12 bits per heavy atom. The Balaban J connectivity index is 2.42. The lowest BCUT2D eigenvalue weighted by Gasteiger charge is -2.09. The van der Waals surface area contributed by atoms with Crippen LogP contribution in [0, 0.1) is 13.8 Å². The van der Waals surface area contributed by atoms with Crippen LogP contribution in [0.25, 0.3) is 0 Å². The summed E-state index contributed by atoms with van der Waals surface area (Å²) >= 11 is 1.70. The molecule has 0 atom stereocenters. The molecule has 2 nitrogen and oxygen atoms in total. The number of hydrogen-bond acceptors (Lipinski definition) is 2. The second-order valence-electron chi connectivity index (χ2n) is 4.27. The Morgan fingerprint density at radius 3 is 2.82 bits per heavy atom. The quantitative estimate of drug-likeness (QED) is 0.780. The Bertz CT molecular complexity index is 376. The first-order valence-corrected chi connectivity index (χ1v) is 7.23. The zero-order chi connectivity index (χ0) is 12.7. The maximum absolute atomic E-state index is 11.7. The van der Waals surface area contributed by atoms with Crippen LogP contribution in [-0.4, -0.2) is 17.4 Å². The minimum Gasteiger partial charge on any atom is -0.325 e. The van der Waals surface area contributed by atoms with Crippen molar-refractivity contribution >= 4 is 23.4 Å². The number of aryl methyl sites for hydroxylation is 2. The van der Waals surface area contributed by atoms with Crippen LogP contribution >= 0.6 is 11.8 Å². The van der Waals surface area contributed by atoms with Crippen molar-refractivity contribution in [2.75, 3.05) is 16.8 Å². The molecule has 1 aromatic rings. The minimum absolute atomic E-state index is 0.0970. The molecule has 0 aliphatic heterocycles. The molecule has 94 valence electrons. The molecule has 0 saturated heterocycles. The van der Waals surface area contributed by atoms with E-state index in [1.807, 2.05) is 26.0 Å². The van der Waals surface area contributed by atoms with Gasteiger partial charge in [-0.1, -0.05) is 25.5 Å². The van der Waals surface area contributed by atoms with Gasteiger partial charge in [0.05, 0.1) is 5.75 Å². The molecule has 17 heavy (non-hydrogen) atoms. The normalized spacial score (nSPS) is 10.3. The lowest BCUT2D eigenvalue weighted by atomic mass is 10.1. The second-order valence-corrected chi connectivity index (χ2v) is 5.38. The predicted octanol–water partition coefficient (Wildman–Crippen LogP) is 3.78. The summed E-state index contributed by atoms with van der Waals surface area (Å²) in [5.74, 6) is 1.71. The van der Waals surface area contributed by atoms with E-state index < -0.39 is 0 Å². The van der Waals surface area contributed by atoms with Crippen molar-refractivity contribution in [2.45, 2.75) is 33.6 Å². The lowest BCUT2D eigenvalue weighted by molar-refractivity contribution is -0.113. The molecule has 0 aliphatic rings. The van der Waals surface area contributed by atoms with Crippen LogP contribution in [0.15, 0.2) is 18.2 Å². The standard InChI is InChI=1S/C14H21NOS/c1-4-5-8-17-10-14(16)15-13-9-11(2)6-7-12(13)3/h6-7,9H,4-5,8,10H2,1-3H3,(H,15,16). The predicted molar refractivity (Wildman–Crippen MR) is 76.8 cm³/mol. The molecule has 3 heteroatoms. The molecule has 1 rings (SSSR count). The van der Waals surface area contributed by atoms with Gasteiger partial charge in [-0.2, -0.15) is 11.8 Å². The molecule has 0 bridgehead atoms. The number of thioether (sulfide) groups is 1. The summed E-state index contributed by atoms with van der Waals surface area (Å²) in [5, 5.41) is 2.97. The van der Waals surface area contributed by atoms with Gasteiger partial charge >= 0.3 is 0 Å². The molecular weight excluding hydrogens is 230 g/mol. The van der Waals surface area contributed by atoms with E-state index >= 15 is 0 Å². The second kappa shape index (κ2) is 7.38. The van der Waals surface area contributed by atoms with Crippen molar-refractivity contribution in [3.63, 3.8) is 0 Å². The number of carbonyl (C=O) groups excluding carboxylic acids is 1. The van der Waals surface area contributed by atoms with Crippen LogP contribution in [0.4, 0.5) is 5.69 Å². The van der Waals surface area contributed by atoms with Gasteiger partial charge in [0.1, 0.15) is 0 Å². The number of nitrogens with one attached hydrogen (secondary N) is 1. The molecule has 1 aromatic carbocycles. The molecule has 0 aromatic heterocycles. The summed E-state index contributed by atoms with van der Waals surface area (Å²) in [6.07, 6.45) is 2.37. The van der Waals surface area contributed by atoms with Crippen molar-refractivity contribution in [3.05, 3.63) is 29.3 Å². The molecule has 0 radical (unpaired) electrons. The molecule has 0 aliphatic carbocycles. The summed E-state index contributed by atoms with van der Waals surface area (Å²) < 4.78 is 0. The van der Waals surface area contributed by atoms with E-state index in [0.29, 0.717) is 5.75 Å². The molecule has 0 saturated carbocycles. The smallest absolute Gasteiger partial charge is 0.234 e. The number of amides is 1. The van der Waals surface area contributed by atoms with E-state index in [9.17, 15) is 4.79 Å². The fraction of sp³-hybridized carbons (Fsp3) is 0.500. The Hall–Kier alpha value is -0.960. The number of carbonyl (C=O) groups is 1. The number of anilines is 1. The third kappa shape index (κ3) is 5.26. The van der Waals surface area contributed by atoms with Crippen molar-refractivity contribution in [1.29, 1.82) is 0 Å². The van der Waals surface area contributed by atoms with E-state index in [2.05, 4.69) is 18.3 Å². The Morgan fingerprint density at radius 1 is 1.35 bits per heavy atom. The van der Waals surface area contributed by atoms with E-state index in [1.54, 1.807) is 11.8 Å². The molecule has 0 unspecified atom stereocenters. The topological polar surface area (TPSA) is 29.1 Å². The van der Waals surface area contributed by atoms with Crippen LogP contribution in [-0.2, 0) is 4.79 Å². The van der Waals surface area contributed by atoms with Gasteiger partial charge in [0.2, 0.25) is 5.91 Å². The first-order chi connectivity index (χ1) is 8.13. The number of hydrogen-bond donors (Lipinski definition) is 1. The van der Waals surface area contributed by atoms with Gasteiger partial charge in [-0.15, -0.1) is 0 Å². The average Bonchev–Trinajstić information content (AvgIpc) is 2.29. The van der Waals surface area contributed by atoms with Crippen LogP contribution < -0.4 is 5.32 Å². The van der Waals surface area contributed by atoms with Crippen molar-refractivity contribution < 1.29 is 4.79 Å². The molecule has 0 heterocycles. The highest BCUT2D eigenvalue weighted by Gasteiger charge is 2.04. The number of rotatable bonds is 6. The summed E-state index contributed by atoms with van der Waals surface area (Å²) in [6.45, 7) is 6.21. The van der Waals surface area contributed by atoms with Gasteiger partial charge in [-0.05, 0) is 43.2 Å². The molecular formula is C14H21NOS. The first-order valence-electron chi connectivity index (χ1n) is 6.08. The fourth-order valence-electron chi connectivity index (χ4n) is 1.47. The minimum atomic E-state index is 0.0970. The largest absolute Gasteiger partial charge is 0.325 e. The highest BCUT2D eigenvalue weighted by Crippen LogP contribution is 2.16. The Kier molecular flexibility index (Phi) is 6.12. The summed E-state index contributed by atoms with van der Waals surface area (Å²) in [7, 11) is 0. The monoisotopic (exact) mass is 251 g/mol. The van der Waals surface area contributed by atoms with Gasteiger partial charge in [0, 0.05) is 5.69 Å². The van der Waals surface area contributed by atoms with Crippen molar-refractivity contribution in [2.24, 2.45) is 0 Å². The lowest BCUT2D eigenvalue weighted by Crippen LogP contribution is -2.15. The number of unbranched alkanes of at least 4 members (excludes halogenated alkanes) is 1.